The Bertz CT molecular complexity index is 893. The molecule has 0 radical (unpaired) electrons. The number of aliphatic hydroxyl groups is 1. The van der Waals surface area contributed by atoms with Gasteiger partial charge in [-0.15, -0.1) is 0 Å². The molecule has 3 heterocycles. The minimum Gasteiger partial charge on any atom is -0.394 e. The maximum atomic E-state index is 9.78. The highest BCUT2D eigenvalue weighted by atomic mass is 16.3. The lowest BCUT2D eigenvalue weighted by molar-refractivity contribution is 0.148. The van der Waals surface area contributed by atoms with E-state index in [4.69, 9.17) is 9.97 Å². The zero-order valence-corrected chi connectivity index (χ0v) is 21.5. The quantitative estimate of drug-likeness (QED) is 0.444. The van der Waals surface area contributed by atoms with Crippen LogP contribution in [0, 0.1) is 0 Å². The fourth-order valence-electron chi connectivity index (χ4n) is 4.97. The fourth-order valence-corrected chi connectivity index (χ4v) is 4.97. The van der Waals surface area contributed by atoms with Crippen molar-refractivity contribution >= 4 is 11.8 Å². The second-order valence-electron chi connectivity index (χ2n) is 10.2. The molecule has 3 N–H and O–H groups in total. The van der Waals surface area contributed by atoms with Crippen molar-refractivity contribution < 1.29 is 5.11 Å². The van der Waals surface area contributed by atoms with Crippen molar-refractivity contribution in [3.63, 3.8) is 0 Å². The van der Waals surface area contributed by atoms with E-state index in [-0.39, 0.29) is 12.6 Å². The van der Waals surface area contributed by atoms with E-state index in [1.54, 1.807) is 0 Å². The van der Waals surface area contributed by atoms with Crippen molar-refractivity contribution in [3.8, 4) is 11.3 Å². The van der Waals surface area contributed by atoms with E-state index in [1.165, 1.54) is 37.7 Å². The average molecular weight is 482 g/mol. The molecule has 2 aromatic rings. The monoisotopic (exact) mass is 481 g/mol. The lowest BCUT2D eigenvalue weighted by Crippen LogP contribution is -2.43. The summed E-state index contributed by atoms with van der Waals surface area (Å²) in [6, 6.07) is 4.68. The molecular weight excluding hydrogens is 438 g/mol. The van der Waals surface area contributed by atoms with Gasteiger partial charge in [-0.05, 0) is 37.9 Å². The third-order valence-electron chi connectivity index (χ3n) is 7.30. The van der Waals surface area contributed by atoms with Crippen molar-refractivity contribution in [2.45, 2.75) is 76.9 Å². The second-order valence-corrected chi connectivity index (χ2v) is 10.2. The Morgan fingerprint density at radius 2 is 1.86 bits per heavy atom. The average Bonchev–Trinajstić information content (AvgIpc) is 2.89. The molecule has 8 heteroatoms. The first-order valence-electron chi connectivity index (χ1n) is 13.5. The van der Waals surface area contributed by atoms with Gasteiger partial charge in [0.15, 0.2) is 0 Å². The van der Waals surface area contributed by atoms with Crippen LogP contribution in [0.1, 0.15) is 63.9 Å². The molecule has 0 amide bonds. The van der Waals surface area contributed by atoms with Gasteiger partial charge >= 0.3 is 0 Å². The molecule has 8 nitrogen and oxygen atoms in total. The van der Waals surface area contributed by atoms with Crippen LogP contribution in [0.15, 0.2) is 24.5 Å². The number of nitrogens with one attached hydrogen (secondary N) is 2. The molecule has 2 aliphatic rings. The minimum atomic E-state index is -0.0321. The highest BCUT2D eigenvalue weighted by Gasteiger charge is 2.19. The number of pyridine rings is 1. The van der Waals surface area contributed by atoms with Crippen molar-refractivity contribution in [1.82, 2.24) is 24.8 Å². The van der Waals surface area contributed by atoms with E-state index in [9.17, 15) is 5.11 Å². The molecule has 35 heavy (non-hydrogen) atoms. The molecule has 1 saturated heterocycles. The van der Waals surface area contributed by atoms with Crippen LogP contribution in [0.25, 0.3) is 11.3 Å². The summed E-state index contributed by atoms with van der Waals surface area (Å²) in [7, 11) is 2.19. The van der Waals surface area contributed by atoms with Gasteiger partial charge in [0, 0.05) is 51.2 Å². The van der Waals surface area contributed by atoms with E-state index in [0.717, 1.165) is 69.1 Å². The first-order valence-corrected chi connectivity index (χ1v) is 13.5. The lowest BCUT2D eigenvalue weighted by Gasteiger charge is -2.32. The SMILES string of the molecule is CCCCC(CO)Nc1ncc(-c2ccc(CN3CCN(C)CC3)cn2)c(NC2CCCCC2)n1. The van der Waals surface area contributed by atoms with Gasteiger partial charge in [-0.1, -0.05) is 45.1 Å². The third kappa shape index (κ3) is 7.59. The number of aromatic nitrogens is 3. The summed E-state index contributed by atoms with van der Waals surface area (Å²) < 4.78 is 0. The standard InChI is InChI=1S/C27H43N7O/c1-3-4-8-23(20-35)31-27-29-18-24(26(32-27)30-22-9-6-5-7-10-22)25-12-11-21(17-28-25)19-34-15-13-33(2)14-16-34/h11-12,17-18,22-23,35H,3-10,13-16,19-20H2,1-2H3,(H2,29,30,31,32). The molecule has 1 aliphatic heterocycles. The summed E-state index contributed by atoms with van der Waals surface area (Å²) >= 11 is 0. The highest BCUT2D eigenvalue weighted by molar-refractivity contribution is 5.73. The summed E-state index contributed by atoms with van der Waals surface area (Å²) in [5.41, 5.74) is 3.06. The van der Waals surface area contributed by atoms with Gasteiger partial charge in [-0.25, -0.2) is 4.98 Å². The molecule has 1 unspecified atom stereocenters. The van der Waals surface area contributed by atoms with Crippen LogP contribution < -0.4 is 10.6 Å². The van der Waals surface area contributed by atoms with Gasteiger partial charge in [0.25, 0.3) is 0 Å². The Hall–Kier alpha value is -2.29. The summed E-state index contributed by atoms with van der Waals surface area (Å²) in [5.74, 6) is 1.40. The normalized spacial score (nSPS) is 18.9. The van der Waals surface area contributed by atoms with Crippen molar-refractivity contribution in [1.29, 1.82) is 0 Å². The number of anilines is 2. The Morgan fingerprint density at radius 3 is 2.54 bits per heavy atom. The molecule has 1 saturated carbocycles. The van der Waals surface area contributed by atoms with Crippen molar-refractivity contribution in [3.05, 3.63) is 30.1 Å². The summed E-state index contributed by atoms with van der Waals surface area (Å²) in [5, 5.41) is 16.8. The molecule has 192 valence electrons. The fraction of sp³-hybridized carbons (Fsp3) is 0.667. The van der Waals surface area contributed by atoms with Gasteiger partial charge in [-0.2, -0.15) is 4.98 Å². The molecule has 2 aromatic heterocycles. The summed E-state index contributed by atoms with van der Waals surface area (Å²) in [6.07, 6.45) is 13.1. The van der Waals surface area contributed by atoms with Gasteiger partial charge in [0.05, 0.1) is 23.9 Å². The van der Waals surface area contributed by atoms with Crippen LogP contribution in [0.2, 0.25) is 0 Å². The smallest absolute Gasteiger partial charge is 0.224 e. The van der Waals surface area contributed by atoms with Gasteiger partial charge < -0.3 is 20.6 Å². The first-order chi connectivity index (χ1) is 17.1. The number of hydrogen-bond donors (Lipinski definition) is 3. The second kappa shape index (κ2) is 13.1. The summed E-state index contributed by atoms with van der Waals surface area (Å²) in [4.78, 5) is 19.2. The molecule has 0 bridgehead atoms. The molecule has 2 fully saturated rings. The van der Waals surface area contributed by atoms with Crippen LogP contribution in [0.3, 0.4) is 0 Å². The van der Waals surface area contributed by atoms with Gasteiger partial charge in [-0.3, -0.25) is 9.88 Å². The number of piperazine rings is 1. The van der Waals surface area contributed by atoms with Crippen molar-refractivity contribution in [2.24, 2.45) is 0 Å². The zero-order chi connectivity index (χ0) is 24.5. The molecule has 4 rings (SSSR count). The number of rotatable bonds is 11. The van der Waals surface area contributed by atoms with E-state index >= 15 is 0 Å². The number of hydrogen-bond acceptors (Lipinski definition) is 8. The van der Waals surface area contributed by atoms with Gasteiger partial charge in [0.1, 0.15) is 5.82 Å². The molecule has 1 aliphatic carbocycles. The zero-order valence-electron chi connectivity index (χ0n) is 21.5. The molecule has 0 spiro atoms. The van der Waals surface area contributed by atoms with Crippen LogP contribution in [0.4, 0.5) is 11.8 Å². The molecule has 1 atom stereocenters. The van der Waals surface area contributed by atoms with Crippen molar-refractivity contribution in [2.75, 3.05) is 50.5 Å². The van der Waals surface area contributed by atoms with Crippen LogP contribution >= 0.6 is 0 Å². The molecule has 0 aromatic carbocycles. The van der Waals surface area contributed by atoms with E-state index in [0.29, 0.717) is 12.0 Å². The Kier molecular flexibility index (Phi) is 9.68. The van der Waals surface area contributed by atoms with Crippen LogP contribution in [0.5, 0.6) is 0 Å². The Labute approximate surface area is 210 Å². The van der Waals surface area contributed by atoms with E-state index in [2.05, 4.69) is 51.5 Å². The first kappa shape index (κ1) is 25.8. The topological polar surface area (TPSA) is 89.4 Å². The number of nitrogens with zero attached hydrogens (tertiary/aromatic N) is 5. The predicted octanol–water partition coefficient (Wildman–Crippen LogP) is 3.99. The largest absolute Gasteiger partial charge is 0.394 e. The van der Waals surface area contributed by atoms with E-state index in [1.807, 2.05) is 12.4 Å². The van der Waals surface area contributed by atoms with Crippen LogP contribution in [-0.4, -0.2) is 81.8 Å². The van der Waals surface area contributed by atoms with Gasteiger partial charge in [0.2, 0.25) is 5.95 Å². The Balaban J connectivity index is 1.50. The summed E-state index contributed by atoms with van der Waals surface area (Å²) in [6.45, 7) is 7.62. The maximum absolute atomic E-state index is 9.78. The predicted molar refractivity (Wildman–Crippen MR) is 143 cm³/mol. The molecular formula is C27H43N7O. The van der Waals surface area contributed by atoms with Crippen LogP contribution in [-0.2, 0) is 6.54 Å². The third-order valence-corrected chi connectivity index (χ3v) is 7.30. The Morgan fingerprint density at radius 1 is 1.06 bits per heavy atom. The number of unbranched alkanes of at least 4 members (excludes halogenated alkanes) is 1. The number of aliphatic hydroxyl groups excluding tert-OH is 1. The lowest BCUT2D eigenvalue weighted by atomic mass is 9.95. The minimum absolute atomic E-state index is 0.0321. The highest BCUT2D eigenvalue weighted by Crippen LogP contribution is 2.29. The number of likely N-dealkylation sites (N-methyl/N-ethyl adjacent to an activating group) is 1. The van der Waals surface area contributed by atoms with E-state index < -0.39 is 0 Å². The maximum Gasteiger partial charge on any atom is 0.224 e.